The molecule has 1 aliphatic rings. The van der Waals surface area contributed by atoms with Crippen molar-refractivity contribution < 1.29 is 0 Å². The second kappa shape index (κ2) is 6.14. The number of benzene rings is 1. The zero-order valence-corrected chi connectivity index (χ0v) is 11.8. The molecule has 1 aromatic carbocycles. The van der Waals surface area contributed by atoms with Crippen LogP contribution in [-0.2, 0) is 0 Å². The lowest BCUT2D eigenvalue weighted by Crippen LogP contribution is -2.29. The first-order valence-corrected chi connectivity index (χ1v) is 7.54. The van der Waals surface area contributed by atoms with Gasteiger partial charge in [0.15, 0.2) is 0 Å². The van der Waals surface area contributed by atoms with Crippen molar-refractivity contribution in [3.8, 4) is 5.69 Å². The van der Waals surface area contributed by atoms with Crippen LogP contribution >= 0.6 is 0 Å². The highest BCUT2D eigenvalue weighted by Gasteiger charge is 2.17. The number of hydrogen-bond acceptors (Lipinski definition) is 2. The number of nitrogens with zero attached hydrogens (tertiary/aromatic N) is 1. The predicted octanol–water partition coefficient (Wildman–Crippen LogP) is 3.41. The Kier molecular flexibility index (Phi) is 4.07. The molecule has 1 aromatic heterocycles. The fourth-order valence-electron chi connectivity index (χ4n) is 2.91. The molecule has 2 aromatic rings. The summed E-state index contributed by atoms with van der Waals surface area (Å²) in [5, 5.41) is 3.55. The van der Waals surface area contributed by atoms with Crippen LogP contribution in [0.1, 0.15) is 25.7 Å². The van der Waals surface area contributed by atoms with E-state index < -0.39 is 0 Å². The molecule has 0 spiro atoms. The van der Waals surface area contributed by atoms with Crippen molar-refractivity contribution in [3.05, 3.63) is 48.8 Å². The molecule has 3 rings (SSSR count). The number of anilines is 1. The Hall–Kier alpha value is -1.74. The molecule has 0 radical (unpaired) electrons. The number of rotatable bonds is 4. The molecule has 106 valence electrons. The third-order valence-electron chi connectivity index (χ3n) is 4.26. The van der Waals surface area contributed by atoms with Crippen LogP contribution in [0.4, 0.5) is 5.69 Å². The van der Waals surface area contributed by atoms with E-state index in [0.717, 1.165) is 12.5 Å². The van der Waals surface area contributed by atoms with E-state index in [9.17, 15) is 0 Å². The average molecular weight is 269 g/mol. The molecule has 1 saturated carbocycles. The molecule has 0 amide bonds. The summed E-state index contributed by atoms with van der Waals surface area (Å²) in [5.41, 5.74) is 8.35. The van der Waals surface area contributed by atoms with Gasteiger partial charge in [-0.25, -0.2) is 0 Å². The van der Waals surface area contributed by atoms with Crippen LogP contribution < -0.4 is 11.1 Å². The van der Waals surface area contributed by atoms with Crippen LogP contribution in [0.2, 0.25) is 0 Å². The Balaban J connectivity index is 1.53. The summed E-state index contributed by atoms with van der Waals surface area (Å²) in [6, 6.07) is 13.1. The summed E-state index contributed by atoms with van der Waals surface area (Å²) in [5.74, 6) is 0.777. The van der Waals surface area contributed by atoms with Gasteiger partial charge >= 0.3 is 0 Å². The van der Waals surface area contributed by atoms with Crippen LogP contribution in [0.5, 0.6) is 0 Å². The molecule has 0 atom stereocenters. The Morgan fingerprint density at radius 3 is 2.30 bits per heavy atom. The van der Waals surface area contributed by atoms with E-state index in [-0.39, 0.29) is 0 Å². The lowest BCUT2D eigenvalue weighted by Gasteiger charge is -2.26. The molecule has 3 nitrogen and oxygen atoms in total. The molecule has 0 saturated heterocycles. The molecule has 20 heavy (non-hydrogen) atoms. The Morgan fingerprint density at radius 1 is 1.00 bits per heavy atom. The van der Waals surface area contributed by atoms with Crippen LogP contribution in [0.15, 0.2) is 48.8 Å². The summed E-state index contributed by atoms with van der Waals surface area (Å²) < 4.78 is 2.12. The topological polar surface area (TPSA) is 43.0 Å². The minimum atomic E-state index is 0.437. The van der Waals surface area contributed by atoms with Crippen molar-refractivity contribution in [2.24, 2.45) is 11.7 Å². The predicted molar refractivity (Wildman–Crippen MR) is 84.2 cm³/mol. The summed E-state index contributed by atoms with van der Waals surface area (Å²) in [6.45, 7) is 1.07. The van der Waals surface area contributed by atoms with Crippen molar-refractivity contribution in [1.29, 1.82) is 0 Å². The fraction of sp³-hybridized carbons (Fsp3) is 0.412. The minimum Gasteiger partial charge on any atom is -0.385 e. The van der Waals surface area contributed by atoms with E-state index >= 15 is 0 Å². The molecule has 1 aliphatic carbocycles. The third-order valence-corrected chi connectivity index (χ3v) is 4.26. The van der Waals surface area contributed by atoms with Crippen molar-refractivity contribution in [2.75, 3.05) is 11.9 Å². The highest BCUT2D eigenvalue weighted by molar-refractivity contribution is 5.48. The van der Waals surface area contributed by atoms with Gasteiger partial charge in [0.05, 0.1) is 0 Å². The molecule has 0 aliphatic heterocycles. The maximum absolute atomic E-state index is 5.94. The molecule has 0 bridgehead atoms. The van der Waals surface area contributed by atoms with Crippen LogP contribution in [0, 0.1) is 5.92 Å². The van der Waals surface area contributed by atoms with Gasteiger partial charge in [-0.2, -0.15) is 0 Å². The quantitative estimate of drug-likeness (QED) is 0.893. The molecule has 3 heteroatoms. The van der Waals surface area contributed by atoms with Gasteiger partial charge < -0.3 is 15.6 Å². The molecule has 1 heterocycles. The zero-order chi connectivity index (χ0) is 13.8. The normalized spacial score (nSPS) is 22.6. The molecular formula is C17H23N3. The lowest BCUT2D eigenvalue weighted by atomic mass is 9.86. The highest BCUT2D eigenvalue weighted by Crippen LogP contribution is 2.23. The lowest BCUT2D eigenvalue weighted by molar-refractivity contribution is 0.339. The number of nitrogens with one attached hydrogen (secondary N) is 1. The maximum Gasteiger partial charge on any atom is 0.0450 e. The van der Waals surface area contributed by atoms with Gasteiger partial charge in [0.2, 0.25) is 0 Å². The SMILES string of the molecule is N[C@H]1CC[C@H](CNc2ccc(-n3cccc3)cc2)CC1. The van der Waals surface area contributed by atoms with Crippen molar-refractivity contribution in [1.82, 2.24) is 4.57 Å². The molecular weight excluding hydrogens is 246 g/mol. The van der Waals surface area contributed by atoms with E-state index in [1.165, 1.54) is 37.1 Å². The van der Waals surface area contributed by atoms with Gasteiger partial charge in [-0.05, 0) is 68.0 Å². The summed E-state index contributed by atoms with van der Waals surface area (Å²) in [7, 11) is 0. The number of aromatic nitrogens is 1. The molecule has 1 fully saturated rings. The molecule has 3 N–H and O–H groups in total. The Bertz CT molecular complexity index is 508. The average Bonchev–Trinajstić information content (AvgIpc) is 3.01. The van der Waals surface area contributed by atoms with Crippen molar-refractivity contribution >= 4 is 5.69 Å². The third kappa shape index (κ3) is 3.23. The van der Waals surface area contributed by atoms with Crippen LogP contribution in [-0.4, -0.2) is 17.2 Å². The van der Waals surface area contributed by atoms with E-state index in [2.05, 4.69) is 46.5 Å². The van der Waals surface area contributed by atoms with Gasteiger partial charge in [0, 0.05) is 36.4 Å². The highest BCUT2D eigenvalue weighted by atomic mass is 14.9. The van der Waals surface area contributed by atoms with E-state index in [4.69, 9.17) is 5.73 Å². The summed E-state index contributed by atoms with van der Waals surface area (Å²) >= 11 is 0. The van der Waals surface area contributed by atoms with E-state index in [1.807, 2.05) is 12.1 Å². The largest absolute Gasteiger partial charge is 0.385 e. The van der Waals surface area contributed by atoms with Crippen molar-refractivity contribution in [3.63, 3.8) is 0 Å². The second-order valence-corrected chi connectivity index (χ2v) is 5.80. The van der Waals surface area contributed by atoms with Gasteiger partial charge in [0.1, 0.15) is 0 Å². The monoisotopic (exact) mass is 269 g/mol. The fourth-order valence-corrected chi connectivity index (χ4v) is 2.91. The van der Waals surface area contributed by atoms with Gasteiger partial charge in [-0.1, -0.05) is 0 Å². The number of nitrogens with two attached hydrogens (primary N) is 1. The Labute approximate surface area is 120 Å². The Morgan fingerprint density at radius 2 is 1.65 bits per heavy atom. The van der Waals surface area contributed by atoms with Gasteiger partial charge in [-0.15, -0.1) is 0 Å². The second-order valence-electron chi connectivity index (χ2n) is 5.80. The summed E-state index contributed by atoms with van der Waals surface area (Å²) in [4.78, 5) is 0. The molecule has 0 unspecified atom stereocenters. The van der Waals surface area contributed by atoms with Crippen molar-refractivity contribution in [2.45, 2.75) is 31.7 Å². The van der Waals surface area contributed by atoms with Crippen LogP contribution in [0.25, 0.3) is 5.69 Å². The minimum absolute atomic E-state index is 0.437. The van der Waals surface area contributed by atoms with E-state index in [0.29, 0.717) is 6.04 Å². The standard InChI is InChI=1S/C17H23N3/c18-15-5-3-14(4-6-15)13-19-16-7-9-17(10-8-16)20-11-1-2-12-20/h1-2,7-12,14-15,19H,3-6,13,18H2/t14-,15-. The zero-order valence-electron chi connectivity index (χ0n) is 11.8. The number of hydrogen-bond donors (Lipinski definition) is 2. The first-order valence-electron chi connectivity index (χ1n) is 7.54. The van der Waals surface area contributed by atoms with E-state index in [1.54, 1.807) is 0 Å². The first kappa shape index (κ1) is 13.3. The maximum atomic E-state index is 5.94. The van der Waals surface area contributed by atoms with Crippen LogP contribution in [0.3, 0.4) is 0 Å². The first-order chi connectivity index (χ1) is 9.81. The van der Waals surface area contributed by atoms with Gasteiger partial charge in [0.25, 0.3) is 0 Å². The smallest absolute Gasteiger partial charge is 0.0450 e. The summed E-state index contributed by atoms with van der Waals surface area (Å²) in [6.07, 6.45) is 9.00. The van der Waals surface area contributed by atoms with Gasteiger partial charge in [-0.3, -0.25) is 0 Å².